The molecule has 1 aromatic carbocycles. The molecule has 2 atom stereocenters. The molecule has 0 fully saturated rings. The molecule has 1 aliphatic rings. The maximum absolute atomic E-state index is 10.8. The van der Waals surface area contributed by atoms with Gasteiger partial charge in [-0.05, 0) is 18.2 Å². The Labute approximate surface area is 87.7 Å². The third kappa shape index (κ3) is 1.57. The topological polar surface area (TPSA) is 72.5 Å². The maximum Gasteiger partial charge on any atom is 0.335 e. The third-order valence-corrected chi connectivity index (χ3v) is 2.82. The highest BCUT2D eigenvalue weighted by molar-refractivity contribution is 5.88. The summed E-state index contributed by atoms with van der Waals surface area (Å²) in [6.07, 6.45) is -0.0379. The van der Waals surface area contributed by atoms with E-state index in [1.807, 2.05) is 6.92 Å². The van der Waals surface area contributed by atoms with E-state index in [0.717, 1.165) is 11.3 Å². The molecule has 1 aromatic rings. The Morgan fingerprint density at radius 1 is 1.60 bits per heavy atom. The van der Waals surface area contributed by atoms with E-state index in [0.29, 0.717) is 12.1 Å². The third-order valence-electron chi connectivity index (χ3n) is 2.82. The van der Waals surface area contributed by atoms with E-state index in [4.69, 9.17) is 15.6 Å². The molecule has 0 aromatic heterocycles. The molecule has 0 aliphatic carbocycles. The van der Waals surface area contributed by atoms with Crippen LogP contribution in [-0.4, -0.2) is 23.7 Å². The van der Waals surface area contributed by atoms with Gasteiger partial charge in [0.25, 0.3) is 0 Å². The zero-order valence-corrected chi connectivity index (χ0v) is 8.43. The first-order chi connectivity index (χ1) is 7.13. The van der Waals surface area contributed by atoms with Crippen molar-refractivity contribution in [3.05, 3.63) is 29.3 Å². The Kier molecular flexibility index (Phi) is 2.36. The maximum atomic E-state index is 10.8. The number of carboxylic acid groups (broad SMARTS) is 1. The van der Waals surface area contributed by atoms with Gasteiger partial charge in [0.15, 0.2) is 0 Å². The van der Waals surface area contributed by atoms with Crippen LogP contribution >= 0.6 is 0 Å². The monoisotopic (exact) mass is 207 g/mol. The molecule has 4 heteroatoms. The summed E-state index contributed by atoms with van der Waals surface area (Å²) in [5.74, 6) is -0.00607. The number of hydrogen-bond acceptors (Lipinski definition) is 3. The minimum Gasteiger partial charge on any atom is -0.488 e. The van der Waals surface area contributed by atoms with Crippen LogP contribution in [0.15, 0.2) is 18.2 Å². The van der Waals surface area contributed by atoms with E-state index in [1.54, 1.807) is 18.2 Å². The molecule has 0 saturated heterocycles. The van der Waals surface area contributed by atoms with Crippen LogP contribution in [0.2, 0.25) is 0 Å². The van der Waals surface area contributed by atoms with Gasteiger partial charge >= 0.3 is 5.97 Å². The fraction of sp³-hybridized carbons (Fsp3) is 0.364. The highest BCUT2D eigenvalue weighted by Gasteiger charge is 2.30. The van der Waals surface area contributed by atoms with Crippen LogP contribution < -0.4 is 10.5 Å². The Morgan fingerprint density at radius 3 is 2.93 bits per heavy atom. The Bertz CT molecular complexity index is 403. The van der Waals surface area contributed by atoms with Crippen molar-refractivity contribution < 1.29 is 14.6 Å². The second-order valence-electron chi connectivity index (χ2n) is 3.74. The minimum absolute atomic E-state index is 0.0379. The zero-order valence-electron chi connectivity index (χ0n) is 8.43. The van der Waals surface area contributed by atoms with Crippen LogP contribution in [0.1, 0.15) is 28.8 Å². The number of benzene rings is 1. The molecule has 1 heterocycles. The molecule has 4 nitrogen and oxygen atoms in total. The van der Waals surface area contributed by atoms with Gasteiger partial charge in [-0.25, -0.2) is 4.79 Å². The normalized spacial score (nSPS) is 23.3. The lowest BCUT2D eigenvalue weighted by Crippen LogP contribution is -2.26. The molecule has 0 saturated carbocycles. The van der Waals surface area contributed by atoms with Crippen LogP contribution in [0.4, 0.5) is 0 Å². The molecular weight excluding hydrogens is 194 g/mol. The van der Waals surface area contributed by atoms with Gasteiger partial charge in [-0.15, -0.1) is 0 Å². The summed E-state index contributed by atoms with van der Waals surface area (Å²) in [4.78, 5) is 10.8. The molecule has 0 amide bonds. The average Bonchev–Trinajstić information content (AvgIpc) is 2.55. The first-order valence-corrected chi connectivity index (χ1v) is 4.87. The summed E-state index contributed by atoms with van der Waals surface area (Å²) >= 11 is 0. The molecular formula is C11H13NO3. The number of ether oxygens (including phenoxy) is 1. The molecule has 3 N–H and O–H groups in total. The lowest BCUT2D eigenvalue weighted by molar-refractivity contribution is 0.0697. The second kappa shape index (κ2) is 3.55. The number of nitrogens with two attached hydrogens (primary N) is 1. The SMILES string of the molecule is C[C@H]1c2cc(C(=O)O)ccc2O[C@H]1CN. The van der Waals surface area contributed by atoms with Gasteiger partial charge in [0.2, 0.25) is 0 Å². The quantitative estimate of drug-likeness (QED) is 0.764. The molecule has 0 spiro atoms. The summed E-state index contributed by atoms with van der Waals surface area (Å²) in [7, 11) is 0. The van der Waals surface area contributed by atoms with Crippen molar-refractivity contribution in [1.29, 1.82) is 0 Å². The van der Waals surface area contributed by atoms with Crippen molar-refractivity contribution in [2.75, 3.05) is 6.54 Å². The molecule has 0 radical (unpaired) electrons. The summed E-state index contributed by atoms with van der Waals surface area (Å²) in [6.45, 7) is 2.44. The van der Waals surface area contributed by atoms with Crippen molar-refractivity contribution in [3.63, 3.8) is 0 Å². The van der Waals surface area contributed by atoms with E-state index in [9.17, 15) is 4.79 Å². The smallest absolute Gasteiger partial charge is 0.335 e. The second-order valence-corrected chi connectivity index (χ2v) is 3.74. The van der Waals surface area contributed by atoms with Crippen LogP contribution in [0.3, 0.4) is 0 Å². The summed E-state index contributed by atoms with van der Waals surface area (Å²) in [5.41, 5.74) is 6.79. The van der Waals surface area contributed by atoms with E-state index < -0.39 is 5.97 Å². The van der Waals surface area contributed by atoms with Gasteiger partial charge < -0.3 is 15.6 Å². The number of aromatic carboxylic acids is 1. The van der Waals surface area contributed by atoms with Gasteiger partial charge in [0.05, 0.1) is 5.56 Å². The van der Waals surface area contributed by atoms with Crippen molar-refractivity contribution in [1.82, 2.24) is 0 Å². The standard InChI is InChI=1S/C11H13NO3/c1-6-8-4-7(11(13)14)2-3-9(8)15-10(6)5-12/h2-4,6,10H,5,12H2,1H3,(H,13,14)/t6-,10-/m0/s1. The van der Waals surface area contributed by atoms with Crippen molar-refractivity contribution in [2.24, 2.45) is 5.73 Å². The summed E-state index contributed by atoms with van der Waals surface area (Å²) in [6, 6.07) is 4.91. The van der Waals surface area contributed by atoms with Crippen molar-refractivity contribution >= 4 is 5.97 Å². The van der Waals surface area contributed by atoms with Crippen LogP contribution in [0, 0.1) is 0 Å². The van der Waals surface area contributed by atoms with E-state index >= 15 is 0 Å². The first kappa shape index (κ1) is 9.98. The summed E-state index contributed by atoms with van der Waals surface area (Å²) < 4.78 is 5.59. The van der Waals surface area contributed by atoms with Gasteiger partial charge in [-0.3, -0.25) is 0 Å². The highest BCUT2D eigenvalue weighted by Crippen LogP contribution is 2.37. The lowest BCUT2D eigenvalue weighted by Gasteiger charge is -2.11. The molecule has 0 bridgehead atoms. The molecule has 15 heavy (non-hydrogen) atoms. The largest absolute Gasteiger partial charge is 0.488 e. The number of fused-ring (bicyclic) bond motifs is 1. The number of hydrogen-bond donors (Lipinski definition) is 2. The zero-order chi connectivity index (χ0) is 11.0. The number of carboxylic acids is 1. The number of carbonyl (C=O) groups is 1. The fourth-order valence-electron chi connectivity index (χ4n) is 1.86. The Hall–Kier alpha value is -1.55. The van der Waals surface area contributed by atoms with E-state index in [1.165, 1.54) is 0 Å². The van der Waals surface area contributed by atoms with Gasteiger partial charge in [-0.2, -0.15) is 0 Å². The van der Waals surface area contributed by atoms with Crippen LogP contribution in [0.25, 0.3) is 0 Å². The fourth-order valence-corrected chi connectivity index (χ4v) is 1.86. The van der Waals surface area contributed by atoms with Gasteiger partial charge in [0.1, 0.15) is 11.9 Å². The van der Waals surface area contributed by atoms with E-state index in [2.05, 4.69) is 0 Å². The summed E-state index contributed by atoms with van der Waals surface area (Å²) in [5, 5.41) is 8.86. The first-order valence-electron chi connectivity index (χ1n) is 4.87. The molecule has 2 rings (SSSR count). The molecule has 80 valence electrons. The molecule has 0 unspecified atom stereocenters. The van der Waals surface area contributed by atoms with E-state index in [-0.39, 0.29) is 12.0 Å². The number of rotatable bonds is 2. The molecule has 1 aliphatic heterocycles. The van der Waals surface area contributed by atoms with Gasteiger partial charge in [0, 0.05) is 18.0 Å². The van der Waals surface area contributed by atoms with Crippen molar-refractivity contribution in [3.8, 4) is 5.75 Å². The van der Waals surface area contributed by atoms with Crippen LogP contribution in [0.5, 0.6) is 5.75 Å². The average molecular weight is 207 g/mol. The lowest BCUT2D eigenvalue weighted by atomic mass is 9.96. The predicted octanol–water partition coefficient (Wildman–Crippen LogP) is 1.21. The Balaban J connectivity index is 2.39. The van der Waals surface area contributed by atoms with Crippen LogP contribution in [-0.2, 0) is 0 Å². The minimum atomic E-state index is -0.916. The van der Waals surface area contributed by atoms with Gasteiger partial charge in [-0.1, -0.05) is 6.92 Å². The highest BCUT2D eigenvalue weighted by atomic mass is 16.5. The Morgan fingerprint density at radius 2 is 2.33 bits per heavy atom. The van der Waals surface area contributed by atoms with Crippen molar-refractivity contribution in [2.45, 2.75) is 18.9 Å². The predicted molar refractivity (Wildman–Crippen MR) is 55.3 cm³/mol.